The maximum Gasteiger partial charge on any atom is 0.308 e. The first-order valence-corrected chi connectivity index (χ1v) is 4.97. The van der Waals surface area contributed by atoms with Crippen LogP contribution in [0.3, 0.4) is 0 Å². The molecule has 0 atom stereocenters. The molecule has 0 saturated heterocycles. The van der Waals surface area contributed by atoms with Crippen LogP contribution in [0.15, 0.2) is 18.2 Å². The highest BCUT2D eigenvalue weighted by molar-refractivity contribution is 6.32. The summed E-state index contributed by atoms with van der Waals surface area (Å²) in [7, 11) is 0. The fourth-order valence-corrected chi connectivity index (χ4v) is 1.30. The Morgan fingerprint density at radius 3 is 2.44 bits per heavy atom. The Balaban J connectivity index is 2.74. The van der Waals surface area contributed by atoms with Gasteiger partial charge in [-0.3, -0.25) is 9.59 Å². The zero-order valence-corrected chi connectivity index (χ0v) is 9.71. The van der Waals surface area contributed by atoms with E-state index in [0.29, 0.717) is 10.8 Å². The number of rotatable bonds is 3. The molecule has 0 unspecified atom stereocenters. The smallest absolute Gasteiger partial charge is 0.308 e. The van der Waals surface area contributed by atoms with E-state index in [0.717, 1.165) is 5.56 Å². The summed E-state index contributed by atoms with van der Waals surface area (Å²) in [5, 5.41) is 0.305. The average molecular weight is 243 g/mol. The molecule has 0 saturated carbocycles. The lowest BCUT2D eigenvalue weighted by atomic mass is 10.2. The predicted molar refractivity (Wildman–Crippen MR) is 58.2 cm³/mol. The quantitative estimate of drug-likeness (QED) is 0.603. The molecular formula is C11H11ClO4. The zero-order chi connectivity index (χ0) is 12.1. The first-order chi connectivity index (χ1) is 7.49. The minimum atomic E-state index is -0.436. The molecule has 0 aliphatic heterocycles. The van der Waals surface area contributed by atoms with Gasteiger partial charge in [-0.15, -0.1) is 0 Å². The largest absolute Gasteiger partial charge is 0.461 e. The van der Waals surface area contributed by atoms with E-state index in [4.69, 9.17) is 21.1 Å². The van der Waals surface area contributed by atoms with Crippen LogP contribution in [-0.4, -0.2) is 11.9 Å². The van der Waals surface area contributed by atoms with Crippen LogP contribution in [0.1, 0.15) is 19.4 Å². The van der Waals surface area contributed by atoms with Crippen LogP contribution in [0, 0.1) is 0 Å². The number of carbonyl (C=O) groups excluding carboxylic acids is 2. The molecule has 0 aliphatic rings. The third-order valence-electron chi connectivity index (χ3n) is 1.69. The topological polar surface area (TPSA) is 52.6 Å². The van der Waals surface area contributed by atoms with E-state index in [-0.39, 0.29) is 12.6 Å². The van der Waals surface area contributed by atoms with Gasteiger partial charge in [0, 0.05) is 13.8 Å². The molecule has 0 bridgehead atoms. The molecule has 0 heterocycles. The molecule has 5 heteroatoms. The monoisotopic (exact) mass is 242 g/mol. The van der Waals surface area contributed by atoms with Crippen molar-refractivity contribution in [3.63, 3.8) is 0 Å². The minimum absolute atomic E-state index is 0.148. The van der Waals surface area contributed by atoms with E-state index in [1.807, 2.05) is 0 Å². The van der Waals surface area contributed by atoms with E-state index in [1.54, 1.807) is 18.2 Å². The van der Waals surface area contributed by atoms with Crippen molar-refractivity contribution in [2.45, 2.75) is 20.5 Å². The fraction of sp³-hybridized carbons (Fsp3) is 0.273. The van der Waals surface area contributed by atoms with Crippen LogP contribution in [0.25, 0.3) is 0 Å². The van der Waals surface area contributed by atoms with Gasteiger partial charge in [0.1, 0.15) is 12.4 Å². The van der Waals surface area contributed by atoms with Crippen molar-refractivity contribution in [3.05, 3.63) is 28.8 Å². The highest BCUT2D eigenvalue weighted by Gasteiger charge is 2.06. The number of hydrogen-bond donors (Lipinski definition) is 0. The second kappa shape index (κ2) is 5.51. The van der Waals surface area contributed by atoms with Crippen molar-refractivity contribution in [2.75, 3.05) is 0 Å². The summed E-state index contributed by atoms with van der Waals surface area (Å²) in [6.07, 6.45) is 0. The molecule has 4 nitrogen and oxygen atoms in total. The SMILES string of the molecule is CC(=O)OCc1ccc(OC(C)=O)c(Cl)c1. The Morgan fingerprint density at radius 2 is 1.94 bits per heavy atom. The van der Waals surface area contributed by atoms with E-state index in [2.05, 4.69) is 0 Å². The second-order valence-electron chi connectivity index (χ2n) is 3.14. The van der Waals surface area contributed by atoms with Crippen molar-refractivity contribution in [2.24, 2.45) is 0 Å². The van der Waals surface area contributed by atoms with E-state index in [1.165, 1.54) is 13.8 Å². The van der Waals surface area contributed by atoms with Gasteiger partial charge in [-0.05, 0) is 17.7 Å². The standard InChI is InChI=1S/C11H11ClO4/c1-7(13)15-6-9-3-4-11(10(12)5-9)16-8(2)14/h3-5H,6H2,1-2H3. The molecule has 0 fully saturated rings. The maximum absolute atomic E-state index is 10.7. The summed E-state index contributed by atoms with van der Waals surface area (Å²) in [5.74, 6) is -0.504. The normalized spacial score (nSPS) is 9.69. The molecule has 0 amide bonds. The lowest BCUT2D eigenvalue weighted by Gasteiger charge is -2.06. The summed E-state index contributed by atoms with van der Waals surface area (Å²) in [4.78, 5) is 21.3. The van der Waals surface area contributed by atoms with Gasteiger partial charge < -0.3 is 9.47 Å². The van der Waals surface area contributed by atoms with Crippen LogP contribution in [0.2, 0.25) is 5.02 Å². The molecule has 1 aromatic carbocycles. The molecule has 0 aromatic heterocycles. The van der Waals surface area contributed by atoms with E-state index in [9.17, 15) is 9.59 Å². The van der Waals surface area contributed by atoms with Crippen LogP contribution in [-0.2, 0) is 20.9 Å². The molecule has 0 aliphatic carbocycles. The van der Waals surface area contributed by atoms with Crippen molar-refractivity contribution in [1.82, 2.24) is 0 Å². The van der Waals surface area contributed by atoms with E-state index < -0.39 is 5.97 Å². The Kier molecular flexibility index (Phi) is 4.31. The highest BCUT2D eigenvalue weighted by atomic mass is 35.5. The first-order valence-electron chi connectivity index (χ1n) is 4.59. The molecule has 1 aromatic rings. The Bertz CT molecular complexity index is 414. The maximum atomic E-state index is 10.7. The van der Waals surface area contributed by atoms with Gasteiger partial charge in [0.15, 0.2) is 0 Å². The summed E-state index contributed by atoms with van der Waals surface area (Å²) >= 11 is 5.87. The molecular weight excluding hydrogens is 232 g/mol. The Labute approximate surface area is 98.1 Å². The molecule has 0 N–H and O–H groups in total. The second-order valence-corrected chi connectivity index (χ2v) is 3.55. The number of carbonyl (C=O) groups is 2. The fourth-order valence-electron chi connectivity index (χ4n) is 1.06. The molecule has 1 rings (SSSR count). The van der Waals surface area contributed by atoms with Gasteiger partial charge in [0.05, 0.1) is 5.02 Å². The van der Waals surface area contributed by atoms with Crippen molar-refractivity contribution in [3.8, 4) is 5.75 Å². The van der Waals surface area contributed by atoms with Gasteiger partial charge in [-0.1, -0.05) is 17.7 Å². The van der Waals surface area contributed by atoms with Gasteiger partial charge in [-0.25, -0.2) is 0 Å². The van der Waals surface area contributed by atoms with Gasteiger partial charge >= 0.3 is 11.9 Å². The summed E-state index contributed by atoms with van der Waals surface area (Å²) in [6.45, 7) is 2.77. The minimum Gasteiger partial charge on any atom is -0.461 e. The summed E-state index contributed by atoms with van der Waals surface area (Å²) < 4.78 is 9.65. The summed E-state index contributed by atoms with van der Waals surface area (Å²) in [6, 6.07) is 4.82. The highest BCUT2D eigenvalue weighted by Crippen LogP contribution is 2.25. The van der Waals surface area contributed by atoms with Crippen molar-refractivity contribution >= 4 is 23.5 Å². The van der Waals surface area contributed by atoms with Crippen LogP contribution in [0.4, 0.5) is 0 Å². The third-order valence-corrected chi connectivity index (χ3v) is 1.99. The lowest BCUT2D eigenvalue weighted by Crippen LogP contribution is -2.03. The Hall–Kier alpha value is -1.55. The first kappa shape index (κ1) is 12.5. The number of benzene rings is 1. The van der Waals surface area contributed by atoms with Gasteiger partial charge in [0.2, 0.25) is 0 Å². The van der Waals surface area contributed by atoms with Crippen molar-refractivity contribution < 1.29 is 19.1 Å². The lowest BCUT2D eigenvalue weighted by molar-refractivity contribution is -0.142. The molecule has 0 radical (unpaired) electrons. The number of hydrogen-bond acceptors (Lipinski definition) is 4. The van der Waals surface area contributed by atoms with Crippen molar-refractivity contribution in [1.29, 1.82) is 0 Å². The molecule has 0 spiro atoms. The molecule has 16 heavy (non-hydrogen) atoms. The number of ether oxygens (including phenoxy) is 2. The zero-order valence-electron chi connectivity index (χ0n) is 8.95. The van der Waals surface area contributed by atoms with Crippen LogP contribution >= 0.6 is 11.6 Å². The van der Waals surface area contributed by atoms with Crippen LogP contribution in [0.5, 0.6) is 5.75 Å². The summed E-state index contributed by atoms with van der Waals surface area (Å²) in [5.41, 5.74) is 0.733. The number of esters is 2. The third kappa shape index (κ3) is 3.90. The average Bonchev–Trinajstić information content (AvgIpc) is 2.18. The molecule has 86 valence electrons. The van der Waals surface area contributed by atoms with E-state index >= 15 is 0 Å². The van der Waals surface area contributed by atoms with Crippen LogP contribution < -0.4 is 4.74 Å². The van der Waals surface area contributed by atoms with Gasteiger partial charge in [-0.2, -0.15) is 0 Å². The predicted octanol–water partition coefficient (Wildman–Crippen LogP) is 2.33. The Morgan fingerprint density at radius 1 is 1.25 bits per heavy atom. The number of halogens is 1. The van der Waals surface area contributed by atoms with Gasteiger partial charge in [0.25, 0.3) is 0 Å².